The number of thiophene rings is 1. The Balaban J connectivity index is 1.30. The van der Waals surface area contributed by atoms with Crippen molar-refractivity contribution in [3.05, 3.63) is 76.5 Å². The zero-order valence-electron chi connectivity index (χ0n) is 14.9. The lowest BCUT2D eigenvalue weighted by Crippen LogP contribution is -2.40. The van der Waals surface area contributed by atoms with Gasteiger partial charge in [0.15, 0.2) is 11.5 Å². The quantitative estimate of drug-likeness (QED) is 0.694. The molecule has 0 aliphatic carbocycles. The zero-order chi connectivity index (χ0) is 19.3. The number of carbonyl (C=O) groups is 2. The molecule has 0 saturated carbocycles. The molecule has 0 fully saturated rings. The highest BCUT2D eigenvalue weighted by Crippen LogP contribution is 2.30. The maximum Gasteiger partial charge on any atom is 0.265 e. The van der Waals surface area contributed by atoms with Gasteiger partial charge in [-0.25, -0.2) is 0 Å². The monoisotopic (exact) mass is 394 g/mol. The molecule has 7 heteroatoms. The lowest BCUT2D eigenvalue weighted by atomic mass is 10.2. The van der Waals surface area contributed by atoms with Gasteiger partial charge in [0.1, 0.15) is 12.7 Å². The van der Waals surface area contributed by atoms with Crippen molar-refractivity contribution in [2.75, 3.05) is 18.5 Å². The molecule has 28 heavy (non-hydrogen) atoms. The van der Waals surface area contributed by atoms with Crippen LogP contribution in [0.25, 0.3) is 0 Å². The van der Waals surface area contributed by atoms with E-state index in [1.165, 1.54) is 11.3 Å². The van der Waals surface area contributed by atoms with Crippen molar-refractivity contribution < 1.29 is 19.1 Å². The summed E-state index contributed by atoms with van der Waals surface area (Å²) in [6, 6.07) is 17.8. The third kappa shape index (κ3) is 4.15. The third-order valence-corrected chi connectivity index (χ3v) is 5.08. The Kier molecular flexibility index (Phi) is 5.25. The Hall–Kier alpha value is -3.32. The molecule has 2 aromatic carbocycles. The normalized spacial score (nSPS) is 14.9. The smallest absolute Gasteiger partial charge is 0.265 e. The molecule has 0 spiro atoms. The van der Waals surface area contributed by atoms with E-state index in [0.717, 1.165) is 0 Å². The molecule has 1 aliphatic rings. The fraction of sp³-hybridized carbons (Fsp3) is 0.143. The predicted molar refractivity (Wildman–Crippen MR) is 107 cm³/mol. The van der Waals surface area contributed by atoms with Crippen LogP contribution in [0.2, 0.25) is 0 Å². The Bertz CT molecular complexity index is 970. The van der Waals surface area contributed by atoms with Crippen LogP contribution < -0.4 is 20.1 Å². The first kappa shape index (κ1) is 18.1. The average molecular weight is 394 g/mol. The number of amides is 2. The van der Waals surface area contributed by atoms with Crippen molar-refractivity contribution in [1.29, 1.82) is 0 Å². The van der Waals surface area contributed by atoms with Crippen molar-refractivity contribution in [2.45, 2.75) is 6.10 Å². The van der Waals surface area contributed by atoms with Gasteiger partial charge in [0.05, 0.1) is 11.4 Å². The number of ether oxygens (including phenoxy) is 2. The molecule has 2 heterocycles. The Labute approximate surface area is 166 Å². The number of hydrogen-bond acceptors (Lipinski definition) is 5. The van der Waals surface area contributed by atoms with E-state index in [4.69, 9.17) is 9.47 Å². The van der Waals surface area contributed by atoms with E-state index >= 15 is 0 Å². The molecule has 1 aliphatic heterocycles. The minimum Gasteiger partial charge on any atom is -0.486 e. The molecule has 2 amide bonds. The van der Waals surface area contributed by atoms with Crippen LogP contribution in [0.1, 0.15) is 20.0 Å². The summed E-state index contributed by atoms with van der Waals surface area (Å²) in [5, 5.41) is 7.51. The van der Waals surface area contributed by atoms with E-state index in [9.17, 15) is 9.59 Å². The van der Waals surface area contributed by atoms with Gasteiger partial charge in [-0.1, -0.05) is 18.2 Å². The maximum atomic E-state index is 12.4. The predicted octanol–water partition coefficient (Wildman–Crippen LogP) is 3.57. The van der Waals surface area contributed by atoms with Gasteiger partial charge in [0.2, 0.25) is 0 Å². The van der Waals surface area contributed by atoms with Crippen LogP contribution in [0.3, 0.4) is 0 Å². The van der Waals surface area contributed by atoms with Gasteiger partial charge in [-0.2, -0.15) is 0 Å². The Morgan fingerprint density at radius 3 is 2.50 bits per heavy atom. The lowest BCUT2D eigenvalue weighted by Gasteiger charge is -2.26. The number of rotatable bonds is 5. The third-order valence-electron chi connectivity index (χ3n) is 4.21. The maximum absolute atomic E-state index is 12.4. The largest absolute Gasteiger partial charge is 0.486 e. The highest BCUT2D eigenvalue weighted by Gasteiger charge is 2.21. The van der Waals surface area contributed by atoms with Crippen molar-refractivity contribution >= 4 is 28.8 Å². The van der Waals surface area contributed by atoms with Crippen LogP contribution in [0.15, 0.2) is 66.0 Å². The summed E-state index contributed by atoms with van der Waals surface area (Å²) in [4.78, 5) is 25.1. The van der Waals surface area contributed by atoms with Gasteiger partial charge >= 0.3 is 0 Å². The summed E-state index contributed by atoms with van der Waals surface area (Å²) in [6.07, 6.45) is -0.247. The molecule has 2 N–H and O–H groups in total. The fourth-order valence-corrected chi connectivity index (χ4v) is 3.40. The molecule has 0 bridgehead atoms. The van der Waals surface area contributed by atoms with Gasteiger partial charge < -0.3 is 20.1 Å². The van der Waals surface area contributed by atoms with Gasteiger partial charge in [-0.15, -0.1) is 11.3 Å². The van der Waals surface area contributed by atoms with E-state index < -0.39 is 0 Å². The number of nitrogens with one attached hydrogen (secondary N) is 2. The van der Waals surface area contributed by atoms with Crippen molar-refractivity contribution in [3.8, 4) is 11.5 Å². The summed E-state index contributed by atoms with van der Waals surface area (Å²) in [5.41, 5.74) is 1.14. The van der Waals surface area contributed by atoms with Gasteiger partial charge in [0.25, 0.3) is 11.8 Å². The highest BCUT2D eigenvalue weighted by molar-refractivity contribution is 7.12. The standard InChI is InChI=1S/C21H18N2O4S/c24-20(22-12-16-13-26-17-4-1-2-5-18(17)27-16)14-7-9-15(10-8-14)23-21(25)19-6-3-11-28-19/h1-11,16H,12-13H2,(H,22,24)(H,23,25)/t16-/m0/s1. The number of anilines is 1. The summed E-state index contributed by atoms with van der Waals surface area (Å²) >= 11 is 1.38. The Morgan fingerprint density at radius 2 is 1.75 bits per heavy atom. The lowest BCUT2D eigenvalue weighted by molar-refractivity contribution is 0.0789. The topological polar surface area (TPSA) is 76.7 Å². The second-order valence-corrected chi connectivity index (χ2v) is 7.16. The average Bonchev–Trinajstić information content (AvgIpc) is 3.27. The summed E-state index contributed by atoms with van der Waals surface area (Å²) < 4.78 is 11.5. The first-order valence-electron chi connectivity index (χ1n) is 8.80. The van der Waals surface area contributed by atoms with E-state index in [2.05, 4.69) is 10.6 Å². The van der Waals surface area contributed by atoms with Crippen LogP contribution in [0.5, 0.6) is 11.5 Å². The van der Waals surface area contributed by atoms with Crippen LogP contribution in [-0.2, 0) is 0 Å². The van der Waals surface area contributed by atoms with Crippen molar-refractivity contribution in [1.82, 2.24) is 5.32 Å². The van der Waals surface area contributed by atoms with Crippen molar-refractivity contribution in [3.63, 3.8) is 0 Å². The van der Waals surface area contributed by atoms with Crippen LogP contribution in [0, 0.1) is 0 Å². The number of para-hydroxylation sites is 2. The van der Waals surface area contributed by atoms with Crippen LogP contribution in [-0.4, -0.2) is 31.1 Å². The van der Waals surface area contributed by atoms with E-state index in [1.54, 1.807) is 30.3 Å². The molecule has 3 aromatic rings. The summed E-state index contributed by atoms with van der Waals surface area (Å²) in [5.74, 6) is 1.02. The van der Waals surface area contributed by atoms with Gasteiger partial charge in [0, 0.05) is 11.3 Å². The molecular weight excluding hydrogens is 376 g/mol. The molecule has 1 aromatic heterocycles. The van der Waals surface area contributed by atoms with E-state index in [-0.39, 0.29) is 17.9 Å². The number of carbonyl (C=O) groups excluding carboxylic acids is 2. The molecular formula is C21H18N2O4S. The van der Waals surface area contributed by atoms with Crippen LogP contribution >= 0.6 is 11.3 Å². The summed E-state index contributed by atoms with van der Waals surface area (Å²) in [7, 11) is 0. The minimum absolute atomic E-state index is 0.165. The zero-order valence-corrected chi connectivity index (χ0v) is 15.7. The first-order chi connectivity index (χ1) is 13.7. The second-order valence-electron chi connectivity index (χ2n) is 6.22. The molecule has 0 saturated heterocycles. The molecule has 142 valence electrons. The molecule has 6 nitrogen and oxygen atoms in total. The van der Waals surface area contributed by atoms with Gasteiger partial charge in [-0.05, 0) is 47.8 Å². The van der Waals surface area contributed by atoms with Gasteiger partial charge in [-0.3, -0.25) is 9.59 Å². The number of benzene rings is 2. The van der Waals surface area contributed by atoms with Crippen LogP contribution in [0.4, 0.5) is 5.69 Å². The Morgan fingerprint density at radius 1 is 0.964 bits per heavy atom. The second kappa shape index (κ2) is 8.14. The molecule has 4 rings (SSSR count). The first-order valence-corrected chi connectivity index (χ1v) is 9.68. The molecule has 0 unspecified atom stereocenters. The fourth-order valence-electron chi connectivity index (χ4n) is 2.78. The van der Waals surface area contributed by atoms with E-state index in [0.29, 0.717) is 40.8 Å². The SMILES string of the molecule is O=C(NC[C@H]1COc2ccccc2O1)c1ccc(NC(=O)c2cccs2)cc1. The number of hydrogen-bond donors (Lipinski definition) is 2. The minimum atomic E-state index is -0.247. The molecule has 0 radical (unpaired) electrons. The number of fused-ring (bicyclic) bond motifs is 1. The van der Waals surface area contributed by atoms with E-state index in [1.807, 2.05) is 35.7 Å². The highest BCUT2D eigenvalue weighted by atomic mass is 32.1. The van der Waals surface area contributed by atoms with Crippen molar-refractivity contribution in [2.24, 2.45) is 0 Å². The summed E-state index contributed by atoms with van der Waals surface area (Å²) in [6.45, 7) is 0.717. The molecule has 1 atom stereocenters.